The molecule has 148 valence electrons. The van der Waals surface area contributed by atoms with E-state index in [-0.39, 0.29) is 18.1 Å². The van der Waals surface area contributed by atoms with Gasteiger partial charge in [0, 0.05) is 18.3 Å². The van der Waals surface area contributed by atoms with E-state index in [0.717, 1.165) is 60.6 Å². The standard InChI is InChI=1S/C22H32N2O3/c1-15-3-4-19(26-6-5-23-2)10-20(15)24-21(25)14-27-22-11-16-7-17(12-22)9-18(8-16)13-22/h3-4,10,16-18,23H,5-9,11-14H2,1-2H3,(H,24,25). The average Bonchev–Trinajstić information content (AvgIpc) is 2.62. The number of benzene rings is 1. The zero-order valence-corrected chi connectivity index (χ0v) is 16.6. The van der Waals surface area contributed by atoms with Crippen molar-refractivity contribution in [3.8, 4) is 5.75 Å². The van der Waals surface area contributed by atoms with Crippen molar-refractivity contribution in [1.82, 2.24) is 5.32 Å². The number of carbonyl (C=O) groups excluding carboxylic acids is 1. The van der Waals surface area contributed by atoms with Gasteiger partial charge in [0.05, 0.1) is 5.60 Å². The molecule has 4 saturated carbocycles. The van der Waals surface area contributed by atoms with E-state index in [1.54, 1.807) is 0 Å². The molecule has 1 aromatic carbocycles. The Kier molecular flexibility index (Phi) is 5.42. The van der Waals surface area contributed by atoms with E-state index in [0.29, 0.717) is 6.61 Å². The summed E-state index contributed by atoms with van der Waals surface area (Å²) in [5, 5.41) is 6.07. The Morgan fingerprint density at radius 2 is 1.81 bits per heavy atom. The summed E-state index contributed by atoms with van der Waals surface area (Å²) >= 11 is 0. The van der Waals surface area contributed by atoms with Gasteiger partial charge in [0.1, 0.15) is 19.0 Å². The Labute approximate surface area is 162 Å². The molecule has 0 radical (unpaired) electrons. The average molecular weight is 373 g/mol. The molecule has 0 heterocycles. The van der Waals surface area contributed by atoms with Crippen molar-refractivity contribution < 1.29 is 14.3 Å². The van der Waals surface area contributed by atoms with Crippen molar-refractivity contribution in [3.05, 3.63) is 23.8 Å². The minimum Gasteiger partial charge on any atom is -0.492 e. The third-order valence-electron chi connectivity index (χ3n) is 6.60. The second-order valence-corrected chi connectivity index (χ2v) is 8.87. The Bertz CT molecular complexity index is 653. The van der Waals surface area contributed by atoms with Gasteiger partial charge in [-0.05, 0) is 81.9 Å². The number of likely N-dealkylation sites (N-methyl/N-ethyl adjacent to an activating group) is 1. The van der Waals surface area contributed by atoms with Crippen LogP contribution in [-0.4, -0.2) is 38.3 Å². The van der Waals surface area contributed by atoms with Gasteiger partial charge in [-0.25, -0.2) is 0 Å². The quantitative estimate of drug-likeness (QED) is 0.686. The molecule has 0 saturated heterocycles. The maximum absolute atomic E-state index is 12.5. The number of aryl methyl sites for hydroxylation is 1. The SMILES string of the molecule is CNCCOc1ccc(C)c(NC(=O)COC23CC4CC(CC(C4)C2)C3)c1. The Morgan fingerprint density at radius 3 is 2.44 bits per heavy atom. The predicted octanol–water partition coefficient (Wildman–Crippen LogP) is 3.52. The lowest BCUT2D eigenvalue weighted by Crippen LogP contribution is -2.52. The predicted molar refractivity (Wildman–Crippen MR) is 106 cm³/mol. The second kappa shape index (κ2) is 7.80. The van der Waals surface area contributed by atoms with Crippen LogP contribution in [0.15, 0.2) is 18.2 Å². The maximum atomic E-state index is 12.5. The fourth-order valence-corrected chi connectivity index (χ4v) is 5.71. The summed E-state index contributed by atoms with van der Waals surface area (Å²) < 4.78 is 12.0. The Hall–Kier alpha value is -1.59. The third-order valence-corrected chi connectivity index (χ3v) is 6.60. The highest BCUT2D eigenvalue weighted by atomic mass is 16.5. The first-order valence-corrected chi connectivity index (χ1v) is 10.4. The smallest absolute Gasteiger partial charge is 0.250 e. The summed E-state index contributed by atoms with van der Waals surface area (Å²) in [5.74, 6) is 3.18. The van der Waals surface area contributed by atoms with Crippen LogP contribution in [0.2, 0.25) is 0 Å². The van der Waals surface area contributed by atoms with E-state index in [1.165, 1.54) is 19.3 Å². The highest BCUT2D eigenvalue weighted by Crippen LogP contribution is 2.57. The molecular weight excluding hydrogens is 340 g/mol. The molecule has 2 N–H and O–H groups in total. The molecule has 1 amide bonds. The summed E-state index contributed by atoms with van der Waals surface area (Å²) in [6, 6.07) is 5.81. The fraction of sp³-hybridized carbons (Fsp3) is 0.682. The summed E-state index contributed by atoms with van der Waals surface area (Å²) in [6.45, 7) is 3.53. The molecule has 4 aliphatic rings. The molecule has 5 rings (SSSR count). The molecule has 0 aliphatic heterocycles. The minimum absolute atomic E-state index is 0.0285. The number of hydrogen-bond acceptors (Lipinski definition) is 4. The topological polar surface area (TPSA) is 59.6 Å². The van der Waals surface area contributed by atoms with Crippen LogP contribution in [0.3, 0.4) is 0 Å². The molecule has 0 aromatic heterocycles. The van der Waals surface area contributed by atoms with E-state index >= 15 is 0 Å². The normalized spacial score (nSPS) is 31.1. The maximum Gasteiger partial charge on any atom is 0.250 e. The van der Waals surface area contributed by atoms with Gasteiger partial charge in [-0.15, -0.1) is 0 Å². The molecule has 1 aromatic rings. The van der Waals surface area contributed by atoms with Gasteiger partial charge in [0.15, 0.2) is 0 Å². The van der Waals surface area contributed by atoms with Gasteiger partial charge in [-0.2, -0.15) is 0 Å². The first kappa shape index (κ1) is 18.8. The highest BCUT2D eigenvalue weighted by molar-refractivity contribution is 5.92. The Balaban J connectivity index is 1.32. The van der Waals surface area contributed by atoms with Gasteiger partial charge in [-0.3, -0.25) is 4.79 Å². The van der Waals surface area contributed by atoms with Crippen molar-refractivity contribution in [2.24, 2.45) is 17.8 Å². The summed E-state index contributed by atoms with van der Waals surface area (Å²) in [4.78, 5) is 12.5. The highest BCUT2D eigenvalue weighted by Gasteiger charge is 2.51. The monoisotopic (exact) mass is 372 g/mol. The number of rotatable bonds is 8. The third kappa shape index (κ3) is 4.30. The van der Waals surface area contributed by atoms with Crippen LogP contribution in [0.5, 0.6) is 5.75 Å². The molecule has 4 aliphatic carbocycles. The van der Waals surface area contributed by atoms with Crippen molar-refractivity contribution in [3.63, 3.8) is 0 Å². The lowest BCUT2D eigenvalue weighted by molar-refractivity contribution is -0.167. The summed E-state index contributed by atoms with van der Waals surface area (Å²) in [5.41, 5.74) is 1.80. The van der Waals surface area contributed by atoms with E-state index in [9.17, 15) is 4.79 Å². The van der Waals surface area contributed by atoms with Crippen LogP contribution in [0, 0.1) is 24.7 Å². The van der Waals surface area contributed by atoms with Crippen LogP contribution < -0.4 is 15.4 Å². The van der Waals surface area contributed by atoms with Gasteiger partial charge in [0.2, 0.25) is 5.91 Å². The molecule has 4 fully saturated rings. The number of amides is 1. The van der Waals surface area contributed by atoms with Crippen LogP contribution in [-0.2, 0) is 9.53 Å². The molecule has 5 heteroatoms. The first-order chi connectivity index (χ1) is 13.0. The lowest BCUT2D eigenvalue weighted by atomic mass is 9.54. The molecular formula is C22H32N2O3. The summed E-state index contributed by atoms with van der Waals surface area (Å²) in [7, 11) is 1.90. The van der Waals surface area contributed by atoms with Crippen LogP contribution in [0.1, 0.15) is 44.1 Å². The van der Waals surface area contributed by atoms with Crippen LogP contribution in [0.25, 0.3) is 0 Å². The molecule has 0 unspecified atom stereocenters. The van der Waals surface area contributed by atoms with Crippen molar-refractivity contribution >= 4 is 11.6 Å². The zero-order chi connectivity index (χ0) is 18.9. The Morgan fingerprint density at radius 1 is 1.15 bits per heavy atom. The molecule has 5 nitrogen and oxygen atoms in total. The molecule has 0 spiro atoms. The number of nitrogens with one attached hydrogen (secondary N) is 2. The molecule has 0 atom stereocenters. The van der Waals surface area contributed by atoms with Crippen LogP contribution in [0.4, 0.5) is 5.69 Å². The largest absolute Gasteiger partial charge is 0.492 e. The summed E-state index contributed by atoms with van der Waals surface area (Å²) in [6.07, 6.45) is 7.61. The number of hydrogen-bond donors (Lipinski definition) is 2. The van der Waals surface area contributed by atoms with E-state index in [4.69, 9.17) is 9.47 Å². The fourth-order valence-electron chi connectivity index (χ4n) is 5.71. The van der Waals surface area contributed by atoms with Gasteiger partial charge in [-0.1, -0.05) is 6.07 Å². The molecule has 4 bridgehead atoms. The number of ether oxygens (including phenoxy) is 2. The number of anilines is 1. The van der Waals surface area contributed by atoms with E-state index in [2.05, 4.69) is 10.6 Å². The van der Waals surface area contributed by atoms with Gasteiger partial charge < -0.3 is 20.1 Å². The zero-order valence-electron chi connectivity index (χ0n) is 16.6. The van der Waals surface area contributed by atoms with Crippen molar-refractivity contribution in [1.29, 1.82) is 0 Å². The van der Waals surface area contributed by atoms with Crippen molar-refractivity contribution in [2.75, 3.05) is 32.1 Å². The number of carbonyl (C=O) groups is 1. The lowest BCUT2D eigenvalue weighted by Gasteiger charge is -2.56. The van der Waals surface area contributed by atoms with Gasteiger partial charge in [0.25, 0.3) is 0 Å². The first-order valence-electron chi connectivity index (χ1n) is 10.4. The van der Waals surface area contributed by atoms with Crippen molar-refractivity contribution in [2.45, 2.75) is 51.0 Å². The minimum atomic E-state index is -0.0683. The molecule has 27 heavy (non-hydrogen) atoms. The second-order valence-electron chi connectivity index (χ2n) is 8.87. The van der Waals surface area contributed by atoms with E-state index < -0.39 is 0 Å². The van der Waals surface area contributed by atoms with E-state index in [1.807, 2.05) is 32.2 Å². The van der Waals surface area contributed by atoms with Gasteiger partial charge >= 0.3 is 0 Å². The van der Waals surface area contributed by atoms with Crippen LogP contribution >= 0.6 is 0 Å².